The standard InChI is InChI=1S/C9H6ClFN2O/c10-8-6(2-1-3-7(8)11)9(14)13-5-4-12/h1-3H,5H2,(H,13,14). The summed E-state index contributed by atoms with van der Waals surface area (Å²) in [5.74, 6) is -1.22. The number of nitrogens with zero attached hydrogens (tertiary/aromatic N) is 1. The average Bonchev–Trinajstić information content (AvgIpc) is 2.18. The lowest BCUT2D eigenvalue weighted by molar-refractivity contribution is 0.0958. The first-order valence-electron chi connectivity index (χ1n) is 3.76. The number of benzene rings is 1. The number of hydrogen-bond donors (Lipinski definition) is 1. The predicted octanol–water partition coefficient (Wildman–Crippen LogP) is 1.73. The Balaban J connectivity index is 2.91. The van der Waals surface area contributed by atoms with Crippen molar-refractivity contribution in [3.8, 4) is 6.07 Å². The molecule has 0 saturated heterocycles. The van der Waals surface area contributed by atoms with Crippen molar-refractivity contribution in [1.82, 2.24) is 5.32 Å². The van der Waals surface area contributed by atoms with E-state index in [4.69, 9.17) is 16.9 Å². The molecule has 14 heavy (non-hydrogen) atoms. The SMILES string of the molecule is N#CCNC(=O)c1cccc(F)c1Cl. The quantitative estimate of drug-likeness (QED) is 0.759. The predicted molar refractivity (Wildman–Crippen MR) is 49.4 cm³/mol. The van der Waals surface area contributed by atoms with Crippen LogP contribution < -0.4 is 5.32 Å². The summed E-state index contributed by atoms with van der Waals surface area (Å²) >= 11 is 5.55. The molecule has 0 bridgehead atoms. The van der Waals surface area contributed by atoms with Crippen molar-refractivity contribution in [3.05, 3.63) is 34.6 Å². The minimum absolute atomic E-state index is 0.0296. The summed E-state index contributed by atoms with van der Waals surface area (Å²) in [6, 6.07) is 5.65. The molecule has 0 spiro atoms. The molecule has 0 heterocycles. The molecule has 5 heteroatoms. The summed E-state index contributed by atoms with van der Waals surface area (Å²) in [6.45, 7) is -0.133. The van der Waals surface area contributed by atoms with Crippen LogP contribution in [-0.4, -0.2) is 12.5 Å². The summed E-state index contributed by atoms with van der Waals surface area (Å²) in [6.07, 6.45) is 0. The lowest BCUT2D eigenvalue weighted by Crippen LogP contribution is -2.23. The van der Waals surface area contributed by atoms with Crippen molar-refractivity contribution in [3.63, 3.8) is 0 Å². The van der Waals surface area contributed by atoms with Gasteiger partial charge < -0.3 is 5.32 Å². The van der Waals surface area contributed by atoms with Crippen LogP contribution in [0.15, 0.2) is 18.2 Å². The van der Waals surface area contributed by atoms with E-state index >= 15 is 0 Å². The second-order valence-electron chi connectivity index (χ2n) is 2.44. The molecule has 0 aliphatic rings. The minimum Gasteiger partial charge on any atom is -0.339 e. The zero-order chi connectivity index (χ0) is 10.6. The van der Waals surface area contributed by atoms with Crippen LogP contribution in [-0.2, 0) is 0 Å². The average molecular weight is 213 g/mol. The number of hydrogen-bond acceptors (Lipinski definition) is 2. The molecule has 0 saturated carbocycles. The lowest BCUT2D eigenvalue weighted by Gasteiger charge is -2.03. The maximum absolute atomic E-state index is 12.9. The highest BCUT2D eigenvalue weighted by Crippen LogP contribution is 2.19. The first-order valence-corrected chi connectivity index (χ1v) is 4.13. The Morgan fingerprint density at radius 3 is 3.00 bits per heavy atom. The van der Waals surface area contributed by atoms with Crippen molar-refractivity contribution < 1.29 is 9.18 Å². The van der Waals surface area contributed by atoms with Gasteiger partial charge in [0, 0.05) is 0 Å². The van der Waals surface area contributed by atoms with E-state index in [1.165, 1.54) is 12.1 Å². The number of nitrogens with one attached hydrogen (secondary N) is 1. The lowest BCUT2D eigenvalue weighted by atomic mass is 10.2. The van der Waals surface area contributed by atoms with E-state index in [-0.39, 0.29) is 17.1 Å². The van der Waals surface area contributed by atoms with Crippen molar-refractivity contribution >= 4 is 17.5 Å². The number of amides is 1. The third-order valence-corrected chi connectivity index (χ3v) is 1.91. The highest BCUT2D eigenvalue weighted by molar-refractivity contribution is 6.34. The fourth-order valence-electron chi connectivity index (χ4n) is 0.894. The largest absolute Gasteiger partial charge is 0.339 e. The van der Waals surface area contributed by atoms with E-state index < -0.39 is 11.7 Å². The van der Waals surface area contributed by atoms with Gasteiger partial charge in [-0.25, -0.2) is 4.39 Å². The number of halogens is 2. The Kier molecular flexibility index (Phi) is 3.43. The summed E-state index contributed by atoms with van der Waals surface area (Å²) < 4.78 is 12.9. The van der Waals surface area contributed by atoms with Crippen LogP contribution in [0.2, 0.25) is 5.02 Å². The van der Waals surface area contributed by atoms with Crippen molar-refractivity contribution in [2.24, 2.45) is 0 Å². The fraction of sp³-hybridized carbons (Fsp3) is 0.111. The van der Waals surface area contributed by atoms with Crippen molar-refractivity contribution in [2.45, 2.75) is 0 Å². The third-order valence-electron chi connectivity index (χ3n) is 1.52. The van der Waals surface area contributed by atoms with Gasteiger partial charge in [0.15, 0.2) is 0 Å². The van der Waals surface area contributed by atoms with E-state index in [0.29, 0.717) is 0 Å². The van der Waals surface area contributed by atoms with Crippen LogP contribution in [0.5, 0.6) is 0 Å². The Labute approximate surface area is 85.1 Å². The van der Waals surface area contributed by atoms with Crippen LogP contribution in [0.3, 0.4) is 0 Å². The number of rotatable bonds is 2. The monoisotopic (exact) mass is 212 g/mol. The normalized spacial score (nSPS) is 9.21. The molecule has 1 N–H and O–H groups in total. The van der Waals surface area contributed by atoms with E-state index in [2.05, 4.69) is 5.32 Å². The Bertz CT molecular complexity index is 400. The molecular weight excluding hydrogens is 207 g/mol. The maximum atomic E-state index is 12.9. The first kappa shape index (κ1) is 10.5. The van der Waals surface area contributed by atoms with Gasteiger partial charge in [-0.1, -0.05) is 17.7 Å². The van der Waals surface area contributed by atoms with Gasteiger partial charge in [-0.3, -0.25) is 4.79 Å². The molecule has 0 atom stereocenters. The second kappa shape index (κ2) is 4.58. The maximum Gasteiger partial charge on any atom is 0.253 e. The molecule has 0 fully saturated rings. The van der Waals surface area contributed by atoms with E-state index in [0.717, 1.165) is 6.07 Å². The molecule has 1 amide bonds. The van der Waals surface area contributed by atoms with Gasteiger partial charge in [-0.15, -0.1) is 0 Å². The second-order valence-corrected chi connectivity index (χ2v) is 2.82. The van der Waals surface area contributed by atoms with Gasteiger partial charge in [-0.05, 0) is 12.1 Å². The van der Waals surface area contributed by atoms with Crippen LogP contribution >= 0.6 is 11.6 Å². The molecule has 3 nitrogen and oxygen atoms in total. The molecule has 0 aliphatic carbocycles. The topological polar surface area (TPSA) is 52.9 Å². The van der Waals surface area contributed by atoms with Crippen molar-refractivity contribution in [1.29, 1.82) is 5.26 Å². The van der Waals surface area contributed by atoms with Crippen LogP contribution in [0.1, 0.15) is 10.4 Å². The minimum atomic E-state index is -0.656. The summed E-state index contributed by atoms with van der Waals surface area (Å²) in [7, 11) is 0. The van der Waals surface area contributed by atoms with E-state index in [1.807, 2.05) is 0 Å². The van der Waals surface area contributed by atoms with Gasteiger partial charge in [0.1, 0.15) is 12.4 Å². The van der Waals surface area contributed by atoms with Gasteiger partial charge >= 0.3 is 0 Å². The van der Waals surface area contributed by atoms with Crippen LogP contribution in [0.4, 0.5) is 4.39 Å². The molecule has 72 valence electrons. The fourth-order valence-corrected chi connectivity index (χ4v) is 1.11. The third kappa shape index (κ3) is 2.21. The zero-order valence-corrected chi connectivity index (χ0v) is 7.81. The van der Waals surface area contributed by atoms with Gasteiger partial charge in [-0.2, -0.15) is 5.26 Å². The highest BCUT2D eigenvalue weighted by atomic mass is 35.5. The molecule has 0 radical (unpaired) electrons. The van der Waals surface area contributed by atoms with Gasteiger partial charge in [0.05, 0.1) is 16.7 Å². The Morgan fingerprint density at radius 1 is 1.64 bits per heavy atom. The molecule has 0 aromatic heterocycles. The van der Waals surface area contributed by atoms with Crippen molar-refractivity contribution in [2.75, 3.05) is 6.54 Å². The number of nitriles is 1. The molecule has 0 aliphatic heterocycles. The molecule has 1 aromatic rings. The van der Waals surface area contributed by atoms with Crippen LogP contribution in [0, 0.1) is 17.1 Å². The van der Waals surface area contributed by atoms with E-state index in [9.17, 15) is 9.18 Å². The van der Waals surface area contributed by atoms with Crippen LogP contribution in [0.25, 0.3) is 0 Å². The number of carbonyl (C=O) groups excluding carboxylic acids is 1. The molecule has 0 unspecified atom stereocenters. The highest BCUT2D eigenvalue weighted by Gasteiger charge is 2.12. The summed E-state index contributed by atoms with van der Waals surface area (Å²) in [5, 5.41) is 10.2. The molecular formula is C9H6ClFN2O. The first-order chi connectivity index (χ1) is 6.66. The summed E-state index contributed by atoms with van der Waals surface area (Å²) in [4.78, 5) is 11.3. The smallest absolute Gasteiger partial charge is 0.253 e. The Morgan fingerprint density at radius 2 is 2.36 bits per heavy atom. The summed E-state index contributed by atoms with van der Waals surface area (Å²) in [5.41, 5.74) is 0.0296. The van der Waals surface area contributed by atoms with Gasteiger partial charge in [0.2, 0.25) is 0 Å². The molecule has 1 rings (SSSR count). The number of carbonyl (C=O) groups is 1. The Hall–Kier alpha value is -1.60. The molecule has 1 aromatic carbocycles. The van der Waals surface area contributed by atoms with Gasteiger partial charge in [0.25, 0.3) is 5.91 Å². The van der Waals surface area contributed by atoms with E-state index in [1.54, 1.807) is 6.07 Å². The zero-order valence-electron chi connectivity index (χ0n) is 7.05.